The Bertz CT molecular complexity index is 1200. The van der Waals surface area contributed by atoms with E-state index in [1.807, 2.05) is 6.92 Å². The summed E-state index contributed by atoms with van der Waals surface area (Å²) in [6.07, 6.45) is 0. The van der Waals surface area contributed by atoms with Crippen molar-refractivity contribution in [2.75, 3.05) is 11.9 Å². The van der Waals surface area contributed by atoms with E-state index in [4.69, 9.17) is 34.8 Å². The lowest BCUT2D eigenvalue weighted by molar-refractivity contribution is -0.116. The predicted octanol–water partition coefficient (Wildman–Crippen LogP) is 5.78. The summed E-state index contributed by atoms with van der Waals surface area (Å²) in [6, 6.07) is 17.9. The number of hydrogen-bond donors (Lipinski definition) is 1. The van der Waals surface area contributed by atoms with Crippen LogP contribution in [0.25, 0.3) is 0 Å². The highest BCUT2D eigenvalue weighted by Crippen LogP contribution is 2.26. The van der Waals surface area contributed by atoms with Gasteiger partial charge >= 0.3 is 0 Å². The SMILES string of the molecule is Cc1ccc(S(=O)(=O)N(CC(=O)Nc2ccccc2Cl)Cc2ccc(Cl)cc2Cl)cc1. The first-order valence-corrected chi connectivity index (χ1v) is 11.8. The Morgan fingerprint density at radius 2 is 1.61 bits per heavy atom. The summed E-state index contributed by atoms with van der Waals surface area (Å²) in [5.41, 5.74) is 1.83. The number of carbonyl (C=O) groups is 1. The fraction of sp³-hybridized carbons (Fsp3) is 0.136. The van der Waals surface area contributed by atoms with Gasteiger partial charge in [0.15, 0.2) is 0 Å². The lowest BCUT2D eigenvalue weighted by Gasteiger charge is -2.23. The number of benzene rings is 3. The summed E-state index contributed by atoms with van der Waals surface area (Å²) >= 11 is 18.3. The van der Waals surface area contributed by atoms with Crippen LogP contribution < -0.4 is 5.32 Å². The maximum absolute atomic E-state index is 13.3. The summed E-state index contributed by atoms with van der Waals surface area (Å²) in [5.74, 6) is -0.533. The van der Waals surface area contributed by atoms with E-state index in [0.29, 0.717) is 26.3 Å². The molecule has 3 rings (SSSR count). The van der Waals surface area contributed by atoms with Crippen LogP contribution in [-0.4, -0.2) is 25.2 Å². The van der Waals surface area contributed by atoms with Crippen LogP contribution in [0.5, 0.6) is 0 Å². The molecule has 3 aromatic rings. The second kappa shape index (κ2) is 10.0. The number of anilines is 1. The molecule has 5 nitrogen and oxygen atoms in total. The number of para-hydroxylation sites is 1. The molecule has 0 unspecified atom stereocenters. The van der Waals surface area contributed by atoms with Gasteiger partial charge in [-0.15, -0.1) is 0 Å². The van der Waals surface area contributed by atoms with Crippen molar-refractivity contribution >= 4 is 56.4 Å². The Balaban J connectivity index is 1.92. The van der Waals surface area contributed by atoms with Crippen molar-refractivity contribution in [2.24, 2.45) is 0 Å². The summed E-state index contributed by atoms with van der Waals surface area (Å²) in [5, 5.41) is 3.74. The summed E-state index contributed by atoms with van der Waals surface area (Å²) in [7, 11) is -3.99. The first-order valence-electron chi connectivity index (χ1n) is 9.22. The van der Waals surface area contributed by atoms with Gasteiger partial charge < -0.3 is 5.32 Å². The highest BCUT2D eigenvalue weighted by molar-refractivity contribution is 7.89. The molecule has 0 atom stereocenters. The van der Waals surface area contributed by atoms with Crippen molar-refractivity contribution in [3.05, 3.63) is 92.9 Å². The molecule has 9 heteroatoms. The van der Waals surface area contributed by atoms with Crippen molar-refractivity contribution < 1.29 is 13.2 Å². The monoisotopic (exact) mass is 496 g/mol. The first kappa shape index (κ1) is 23.6. The third-order valence-electron chi connectivity index (χ3n) is 4.49. The Labute approximate surface area is 196 Å². The number of hydrogen-bond acceptors (Lipinski definition) is 3. The Hall–Kier alpha value is -2.09. The number of halogens is 3. The summed E-state index contributed by atoms with van der Waals surface area (Å²) < 4.78 is 27.7. The van der Waals surface area contributed by atoms with E-state index >= 15 is 0 Å². The third kappa shape index (κ3) is 5.99. The van der Waals surface area contributed by atoms with E-state index in [1.54, 1.807) is 48.5 Å². The summed E-state index contributed by atoms with van der Waals surface area (Å²) in [6.45, 7) is 1.32. The van der Waals surface area contributed by atoms with Gasteiger partial charge in [-0.05, 0) is 48.9 Å². The van der Waals surface area contributed by atoms with Gasteiger partial charge in [-0.3, -0.25) is 4.79 Å². The van der Waals surface area contributed by atoms with E-state index in [9.17, 15) is 13.2 Å². The lowest BCUT2D eigenvalue weighted by Crippen LogP contribution is -2.37. The number of carbonyl (C=O) groups excluding carboxylic acids is 1. The molecule has 0 aliphatic heterocycles. The van der Waals surface area contributed by atoms with Crippen molar-refractivity contribution in [2.45, 2.75) is 18.4 Å². The zero-order valence-electron chi connectivity index (χ0n) is 16.5. The molecule has 0 aromatic heterocycles. The molecule has 0 saturated carbocycles. The zero-order valence-corrected chi connectivity index (χ0v) is 19.6. The molecule has 0 radical (unpaired) electrons. The minimum absolute atomic E-state index is 0.0775. The molecule has 0 saturated heterocycles. The first-order chi connectivity index (χ1) is 14.7. The van der Waals surface area contributed by atoms with Crippen LogP contribution in [0.4, 0.5) is 5.69 Å². The molecule has 1 amide bonds. The number of amides is 1. The van der Waals surface area contributed by atoms with Gasteiger partial charge in [0.1, 0.15) is 0 Å². The molecule has 0 spiro atoms. The maximum Gasteiger partial charge on any atom is 0.243 e. The van der Waals surface area contributed by atoms with Crippen molar-refractivity contribution in [1.82, 2.24) is 4.31 Å². The Kier molecular flexibility index (Phi) is 7.62. The van der Waals surface area contributed by atoms with E-state index in [0.717, 1.165) is 9.87 Å². The van der Waals surface area contributed by atoms with Gasteiger partial charge in [0, 0.05) is 16.6 Å². The normalized spacial score (nSPS) is 11.5. The third-order valence-corrected chi connectivity index (χ3v) is 7.21. The Morgan fingerprint density at radius 3 is 2.26 bits per heavy atom. The maximum atomic E-state index is 13.3. The number of sulfonamides is 1. The molecule has 3 aromatic carbocycles. The van der Waals surface area contributed by atoms with Crippen LogP contribution >= 0.6 is 34.8 Å². The standard InChI is InChI=1S/C22H19Cl3N2O3S/c1-15-6-10-18(11-7-15)31(29,30)27(13-16-8-9-17(23)12-20(16)25)14-22(28)26-21-5-3-2-4-19(21)24/h2-12H,13-14H2,1H3,(H,26,28). The highest BCUT2D eigenvalue weighted by atomic mass is 35.5. The largest absolute Gasteiger partial charge is 0.324 e. The number of nitrogens with zero attached hydrogens (tertiary/aromatic N) is 1. The van der Waals surface area contributed by atoms with Crippen molar-refractivity contribution in [1.29, 1.82) is 0 Å². The van der Waals surface area contributed by atoms with Gasteiger partial charge in [-0.2, -0.15) is 4.31 Å². The second-order valence-electron chi connectivity index (χ2n) is 6.85. The average molecular weight is 498 g/mol. The number of nitrogens with one attached hydrogen (secondary N) is 1. The summed E-state index contributed by atoms with van der Waals surface area (Å²) in [4.78, 5) is 12.8. The molecular formula is C22H19Cl3N2O3S. The zero-order chi connectivity index (χ0) is 22.6. The van der Waals surface area contributed by atoms with Gasteiger partial charge in [0.25, 0.3) is 0 Å². The van der Waals surface area contributed by atoms with Crippen molar-refractivity contribution in [3.8, 4) is 0 Å². The molecule has 0 bridgehead atoms. The quantitative estimate of drug-likeness (QED) is 0.449. The molecule has 31 heavy (non-hydrogen) atoms. The molecule has 1 N–H and O–H groups in total. The van der Waals surface area contributed by atoms with Crippen LogP contribution in [0.3, 0.4) is 0 Å². The number of rotatable bonds is 7. The minimum Gasteiger partial charge on any atom is -0.324 e. The fourth-order valence-electron chi connectivity index (χ4n) is 2.84. The van der Waals surface area contributed by atoms with Crippen molar-refractivity contribution in [3.63, 3.8) is 0 Å². The van der Waals surface area contributed by atoms with Crippen LogP contribution in [0.15, 0.2) is 71.6 Å². The van der Waals surface area contributed by atoms with Gasteiger partial charge in [-0.1, -0.05) is 70.7 Å². The molecular weight excluding hydrogens is 479 g/mol. The van der Waals surface area contributed by atoms with E-state index in [-0.39, 0.29) is 11.4 Å². The van der Waals surface area contributed by atoms with Crippen LogP contribution in [0, 0.1) is 6.92 Å². The molecule has 0 fully saturated rings. The van der Waals surface area contributed by atoms with Gasteiger partial charge in [-0.25, -0.2) is 8.42 Å². The van der Waals surface area contributed by atoms with Gasteiger partial charge in [0.2, 0.25) is 15.9 Å². The average Bonchev–Trinajstić information content (AvgIpc) is 2.71. The van der Waals surface area contributed by atoms with Crippen LogP contribution in [0.2, 0.25) is 15.1 Å². The fourth-order valence-corrected chi connectivity index (χ4v) is 4.86. The molecule has 0 aliphatic rings. The second-order valence-corrected chi connectivity index (χ2v) is 10.0. The van der Waals surface area contributed by atoms with Crippen LogP contribution in [-0.2, 0) is 21.4 Å². The van der Waals surface area contributed by atoms with E-state index < -0.39 is 22.5 Å². The molecule has 0 aliphatic carbocycles. The topological polar surface area (TPSA) is 66.5 Å². The Morgan fingerprint density at radius 1 is 0.935 bits per heavy atom. The van der Waals surface area contributed by atoms with Crippen LogP contribution in [0.1, 0.15) is 11.1 Å². The molecule has 162 valence electrons. The lowest BCUT2D eigenvalue weighted by atomic mass is 10.2. The van der Waals surface area contributed by atoms with Gasteiger partial charge in [0.05, 0.1) is 22.2 Å². The smallest absolute Gasteiger partial charge is 0.243 e. The minimum atomic E-state index is -3.99. The highest BCUT2D eigenvalue weighted by Gasteiger charge is 2.28. The predicted molar refractivity (Wildman–Crippen MR) is 125 cm³/mol. The molecule has 0 heterocycles. The number of aryl methyl sites for hydroxylation is 1. The van der Waals surface area contributed by atoms with E-state index in [2.05, 4.69) is 5.32 Å². The van der Waals surface area contributed by atoms with E-state index in [1.165, 1.54) is 18.2 Å².